The van der Waals surface area contributed by atoms with E-state index in [2.05, 4.69) is 9.29 Å². The van der Waals surface area contributed by atoms with Gasteiger partial charge in [-0.3, -0.25) is 13.7 Å². The molecule has 2 unspecified atom stereocenters. The van der Waals surface area contributed by atoms with E-state index in [1.165, 1.54) is 6.20 Å². The number of aliphatic hydroxyl groups is 4. The molecule has 0 saturated carbocycles. The van der Waals surface area contributed by atoms with E-state index in [4.69, 9.17) is 30.5 Å². The van der Waals surface area contributed by atoms with Crippen LogP contribution in [0.5, 0.6) is 0 Å². The number of rotatable bonds is 5. The SMILES string of the molecule is Nc1nc(=O)n([C@@H]2O[C@H](CO)[C@@H](O)[C@H]2O)cc1CO.O=[PH](O)O[PH](=O)O. The minimum atomic E-state index is -3.20. The summed E-state index contributed by atoms with van der Waals surface area (Å²) in [6.07, 6.45) is -3.71. The molecule has 1 saturated heterocycles. The third kappa shape index (κ3) is 5.93. The van der Waals surface area contributed by atoms with Crippen molar-refractivity contribution < 1.29 is 48.4 Å². The van der Waals surface area contributed by atoms with Gasteiger partial charge in [0, 0.05) is 11.8 Å². The minimum Gasteiger partial charge on any atom is -0.394 e. The Kier molecular flexibility index (Phi) is 9.00. The monoisotopic (exact) mass is 419 g/mol. The van der Waals surface area contributed by atoms with Crippen LogP contribution in [-0.4, -0.2) is 64.7 Å². The summed E-state index contributed by atoms with van der Waals surface area (Å²) in [6, 6.07) is 0. The molecule has 1 aliphatic rings. The molecule has 0 bridgehead atoms. The summed E-state index contributed by atoms with van der Waals surface area (Å²) in [6.45, 7) is -0.938. The molecule has 2 rings (SSSR count). The molecule has 0 radical (unpaired) electrons. The molecular formula is C10H19N3O11P2. The number of ether oxygens (including phenoxy) is 1. The summed E-state index contributed by atoms with van der Waals surface area (Å²) < 4.78 is 28.4. The predicted molar refractivity (Wildman–Crippen MR) is 85.4 cm³/mol. The zero-order chi connectivity index (χ0) is 20.0. The van der Waals surface area contributed by atoms with Gasteiger partial charge in [0.05, 0.1) is 13.2 Å². The van der Waals surface area contributed by atoms with Gasteiger partial charge in [-0.1, -0.05) is 0 Å². The van der Waals surface area contributed by atoms with Crippen molar-refractivity contribution in [2.75, 3.05) is 12.3 Å². The molecule has 1 aromatic rings. The standard InChI is InChI=1S/C10H15N3O6.H4O5P2/c11-8-4(2-14)1-13(10(18)12-8)9-7(17)6(16)5(3-15)19-9;1-6(2)5-7(3)4/h1,5-7,9,14-17H,2-3H2,(H2,11,12,18);6-7H,(H,1,2)(H,3,4)/t5-,6-,7-,9-;/m1./s1. The van der Waals surface area contributed by atoms with Crippen molar-refractivity contribution in [2.24, 2.45) is 0 Å². The van der Waals surface area contributed by atoms with Crippen LogP contribution in [0.15, 0.2) is 11.0 Å². The van der Waals surface area contributed by atoms with Crippen LogP contribution >= 0.6 is 16.5 Å². The lowest BCUT2D eigenvalue weighted by Crippen LogP contribution is -2.36. The average Bonchev–Trinajstić information content (AvgIpc) is 2.82. The molecular weight excluding hydrogens is 400 g/mol. The number of anilines is 1. The average molecular weight is 419 g/mol. The van der Waals surface area contributed by atoms with E-state index in [0.717, 1.165) is 4.57 Å². The van der Waals surface area contributed by atoms with Gasteiger partial charge in [-0.15, -0.1) is 0 Å². The van der Waals surface area contributed by atoms with Crippen molar-refractivity contribution in [3.63, 3.8) is 0 Å². The van der Waals surface area contributed by atoms with Crippen molar-refractivity contribution in [1.29, 1.82) is 0 Å². The van der Waals surface area contributed by atoms with E-state index >= 15 is 0 Å². The first-order valence-corrected chi connectivity index (χ1v) is 9.39. The molecule has 14 nitrogen and oxygen atoms in total. The molecule has 0 aromatic carbocycles. The van der Waals surface area contributed by atoms with Crippen LogP contribution < -0.4 is 11.4 Å². The van der Waals surface area contributed by atoms with Gasteiger partial charge in [-0.2, -0.15) is 4.98 Å². The number of nitrogens with zero attached hydrogens (tertiary/aromatic N) is 2. The summed E-state index contributed by atoms with van der Waals surface area (Å²) >= 11 is 0. The second-order valence-corrected chi connectivity index (χ2v) is 6.74. The highest BCUT2D eigenvalue weighted by Gasteiger charge is 2.43. The first kappa shape index (κ1) is 22.9. The van der Waals surface area contributed by atoms with Gasteiger partial charge in [0.25, 0.3) is 0 Å². The Bertz CT molecular complexity index is 702. The molecule has 2 heterocycles. The van der Waals surface area contributed by atoms with Crippen LogP contribution in [0.1, 0.15) is 11.8 Å². The van der Waals surface area contributed by atoms with Crippen molar-refractivity contribution in [3.8, 4) is 0 Å². The van der Waals surface area contributed by atoms with Gasteiger partial charge in [0.1, 0.15) is 24.1 Å². The molecule has 16 heteroatoms. The first-order chi connectivity index (χ1) is 12.1. The Morgan fingerprint density at radius 1 is 1.23 bits per heavy atom. The van der Waals surface area contributed by atoms with Crippen LogP contribution in [-0.2, 0) is 24.8 Å². The minimum absolute atomic E-state index is 0.115. The molecule has 0 aliphatic carbocycles. The highest BCUT2D eigenvalue weighted by molar-refractivity contribution is 7.46. The maximum Gasteiger partial charge on any atom is 0.351 e. The number of aromatic nitrogens is 2. The molecule has 1 fully saturated rings. The largest absolute Gasteiger partial charge is 0.394 e. The number of hydrogen-bond acceptors (Lipinski definition) is 11. The van der Waals surface area contributed by atoms with Gasteiger partial charge >= 0.3 is 22.2 Å². The lowest BCUT2D eigenvalue weighted by molar-refractivity contribution is -0.0551. The maximum atomic E-state index is 11.7. The molecule has 1 aromatic heterocycles. The van der Waals surface area contributed by atoms with Crippen molar-refractivity contribution in [3.05, 3.63) is 22.2 Å². The lowest BCUT2D eigenvalue weighted by atomic mass is 10.1. The smallest absolute Gasteiger partial charge is 0.351 e. The van der Waals surface area contributed by atoms with E-state index in [0.29, 0.717) is 0 Å². The third-order valence-electron chi connectivity index (χ3n) is 3.20. The fourth-order valence-electron chi connectivity index (χ4n) is 2.01. The Morgan fingerprint density at radius 2 is 1.81 bits per heavy atom. The van der Waals surface area contributed by atoms with E-state index in [1.807, 2.05) is 0 Å². The van der Waals surface area contributed by atoms with Crippen molar-refractivity contribution in [2.45, 2.75) is 31.1 Å². The fourth-order valence-corrected chi connectivity index (χ4v) is 2.61. The zero-order valence-corrected chi connectivity index (χ0v) is 15.0. The van der Waals surface area contributed by atoms with Crippen LogP contribution in [0.2, 0.25) is 0 Å². The third-order valence-corrected chi connectivity index (χ3v) is 4.59. The topological polar surface area (TPSA) is 235 Å². The number of hydrogen-bond donors (Lipinski definition) is 7. The van der Waals surface area contributed by atoms with Crippen LogP contribution in [0.25, 0.3) is 0 Å². The maximum absolute atomic E-state index is 11.7. The van der Waals surface area contributed by atoms with Gasteiger partial charge in [-0.25, -0.2) is 9.11 Å². The number of aliphatic hydroxyl groups excluding tert-OH is 4. The van der Waals surface area contributed by atoms with E-state index in [9.17, 15) is 24.1 Å². The second-order valence-electron chi connectivity index (χ2n) is 4.86. The summed E-state index contributed by atoms with van der Waals surface area (Å²) in [7, 11) is -6.40. The highest BCUT2D eigenvalue weighted by Crippen LogP contribution is 2.30. The molecule has 150 valence electrons. The molecule has 8 N–H and O–H groups in total. The van der Waals surface area contributed by atoms with E-state index in [1.54, 1.807) is 0 Å². The molecule has 0 spiro atoms. The summed E-state index contributed by atoms with van der Waals surface area (Å²) in [5, 5.41) is 37.5. The van der Waals surface area contributed by atoms with Crippen molar-refractivity contribution in [1.82, 2.24) is 9.55 Å². The Hall–Kier alpha value is -1.18. The van der Waals surface area contributed by atoms with E-state index in [-0.39, 0.29) is 11.4 Å². The molecule has 1 aliphatic heterocycles. The van der Waals surface area contributed by atoms with Crippen molar-refractivity contribution >= 4 is 22.3 Å². The second kappa shape index (κ2) is 10.2. The van der Waals surface area contributed by atoms with Crippen LogP contribution in [0, 0.1) is 0 Å². The predicted octanol–water partition coefficient (Wildman–Crippen LogP) is -3.30. The highest BCUT2D eigenvalue weighted by atomic mass is 31.2. The number of nitrogen functional groups attached to an aromatic ring is 1. The summed E-state index contributed by atoms with van der Waals surface area (Å²) in [5.41, 5.74) is 4.84. The fraction of sp³-hybridized carbons (Fsp3) is 0.600. The molecule has 6 atom stereocenters. The summed E-state index contributed by atoms with van der Waals surface area (Å²) in [4.78, 5) is 30.6. The quantitative estimate of drug-likeness (QED) is 0.232. The normalized spacial score (nSPS) is 27.5. The Labute approximate surface area is 147 Å². The number of nitrogens with two attached hydrogens (primary N) is 1. The van der Waals surface area contributed by atoms with Crippen LogP contribution in [0.4, 0.5) is 5.82 Å². The van der Waals surface area contributed by atoms with Gasteiger partial charge in [0.15, 0.2) is 6.23 Å². The van der Waals surface area contributed by atoms with Gasteiger partial charge < -0.3 is 40.7 Å². The van der Waals surface area contributed by atoms with Crippen LogP contribution in [0.3, 0.4) is 0 Å². The Morgan fingerprint density at radius 3 is 2.19 bits per heavy atom. The lowest BCUT2D eigenvalue weighted by Gasteiger charge is -2.18. The van der Waals surface area contributed by atoms with E-state index < -0.39 is 60.0 Å². The van der Waals surface area contributed by atoms with Gasteiger partial charge in [-0.05, 0) is 0 Å². The molecule has 26 heavy (non-hydrogen) atoms. The first-order valence-electron chi connectivity index (χ1n) is 6.86. The zero-order valence-electron chi connectivity index (χ0n) is 13.0. The molecule has 0 amide bonds. The Balaban J connectivity index is 0.000000412. The summed E-state index contributed by atoms with van der Waals surface area (Å²) in [5.74, 6) is -0.115. The van der Waals surface area contributed by atoms with Gasteiger partial charge in [0.2, 0.25) is 0 Å².